The van der Waals surface area contributed by atoms with Crippen molar-refractivity contribution in [2.45, 2.75) is 44.2 Å². The highest BCUT2D eigenvalue weighted by Crippen LogP contribution is 2.29. The third kappa shape index (κ3) is 4.91. The predicted octanol–water partition coefficient (Wildman–Crippen LogP) is -0.0487. The average molecular weight is 425 g/mol. The van der Waals surface area contributed by atoms with Crippen molar-refractivity contribution in [1.29, 1.82) is 0 Å². The van der Waals surface area contributed by atoms with Gasteiger partial charge in [0.05, 0.1) is 5.56 Å². The van der Waals surface area contributed by atoms with E-state index in [9.17, 15) is 27.6 Å². The van der Waals surface area contributed by atoms with Crippen LogP contribution in [0.4, 0.5) is 0 Å². The van der Waals surface area contributed by atoms with Crippen LogP contribution in [0.5, 0.6) is 0 Å². The van der Waals surface area contributed by atoms with Crippen molar-refractivity contribution in [1.82, 2.24) is 14.9 Å². The number of carbonyl (C=O) groups excluding carboxylic acids is 3. The molecule has 158 valence electrons. The van der Waals surface area contributed by atoms with Crippen LogP contribution in [-0.2, 0) is 24.4 Å². The van der Waals surface area contributed by atoms with Crippen molar-refractivity contribution in [2.75, 3.05) is 6.54 Å². The summed E-state index contributed by atoms with van der Waals surface area (Å²) in [6.45, 7) is 4.10. The lowest BCUT2D eigenvalue weighted by molar-refractivity contribution is -0.141. The first-order chi connectivity index (χ1) is 13.4. The summed E-state index contributed by atoms with van der Waals surface area (Å²) in [5, 5.41) is 13.6. The van der Waals surface area contributed by atoms with Gasteiger partial charge in [-0.15, -0.1) is 0 Å². The van der Waals surface area contributed by atoms with Gasteiger partial charge in [0.25, 0.3) is 15.9 Å². The predicted molar refractivity (Wildman–Crippen MR) is 101 cm³/mol. The molecule has 2 rings (SSSR count). The quantitative estimate of drug-likeness (QED) is 0.528. The second-order valence-electron chi connectivity index (χ2n) is 7.13. The van der Waals surface area contributed by atoms with Crippen LogP contribution in [0.2, 0.25) is 0 Å². The van der Waals surface area contributed by atoms with E-state index in [1.165, 1.54) is 31.2 Å². The first kappa shape index (κ1) is 22.3. The van der Waals surface area contributed by atoms with Gasteiger partial charge in [-0.2, -0.15) is 0 Å². The van der Waals surface area contributed by atoms with Crippen LogP contribution < -0.4 is 10.6 Å². The van der Waals surface area contributed by atoms with Crippen molar-refractivity contribution < 1.29 is 32.7 Å². The molecule has 0 spiro atoms. The third-order valence-corrected chi connectivity index (χ3v) is 6.07. The van der Waals surface area contributed by atoms with Crippen LogP contribution >= 0.6 is 0 Å². The molecule has 1 aromatic carbocycles. The maximum Gasteiger partial charge on any atom is 0.325 e. The van der Waals surface area contributed by atoms with Gasteiger partial charge in [-0.3, -0.25) is 19.2 Å². The van der Waals surface area contributed by atoms with Crippen LogP contribution in [-0.4, -0.2) is 60.1 Å². The fourth-order valence-corrected chi connectivity index (χ4v) is 4.36. The molecule has 29 heavy (non-hydrogen) atoms. The maximum absolute atomic E-state index is 12.5. The topological polar surface area (TPSA) is 150 Å². The van der Waals surface area contributed by atoms with Crippen molar-refractivity contribution in [3.8, 4) is 0 Å². The lowest BCUT2D eigenvalue weighted by Gasteiger charge is -2.22. The molecule has 0 aromatic heterocycles. The number of amides is 3. The van der Waals surface area contributed by atoms with E-state index in [2.05, 4.69) is 10.6 Å². The van der Waals surface area contributed by atoms with Gasteiger partial charge < -0.3 is 15.7 Å². The number of sulfonamides is 1. The Labute approximate surface area is 168 Å². The highest BCUT2D eigenvalue weighted by Gasteiger charge is 2.42. The van der Waals surface area contributed by atoms with Crippen molar-refractivity contribution in [2.24, 2.45) is 5.92 Å². The fraction of sp³-hybridized carbons (Fsp3) is 0.444. The molecule has 10 nitrogen and oxygen atoms in total. The standard InChI is InChI=1S/C18H23N3O7S/c1-10(2)8-13(16(23)19-11(3)18(25)26)20-15(22)9-21-17(24)12-6-4-5-7-14(12)29(21,27)28/h4-7,10-11,13H,8-9H2,1-3H3,(H,19,23)(H,20,22)(H,25,26). The molecular weight excluding hydrogens is 402 g/mol. The SMILES string of the molecule is CC(C)CC(NC(=O)CN1C(=O)c2ccccc2S1(=O)=O)C(=O)NC(C)C(=O)O. The van der Waals surface area contributed by atoms with Gasteiger partial charge in [0.15, 0.2) is 0 Å². The Morgan fingerprint density at radius 2 is 1.72 bits per heavy atom. The van der Waals surface area contributed by atoms with E-state index in [1.807, 2.05) is 0 Å². The van der Waals surface area contributed by atoms with Gasteiger partial charge in [-0.1, -0.05) is 26.0 Å². The van der Waals surface area contributed by atoms with E-state index < -0.39 is 52.3 Å². The number of benzene rings is 1. The van der Waals surface area contributed by atoms with E-state index >= 15 is 0 Å². The summed E-state index contributed by atoms with van der Waals surface area (Å²) in [7, 11) is -4.16. The molecule has 2 atom stereocenters. The molecular formula is C18H23N3O7S. The van der Waals surface area contributed by atoms with Crippen LogP contribution in [0, 0.1) is 5.92 Å². The number of carbonyl (C=O) groups is 4. The number of nitrogens with zero attached hydrogens (tertiary/aromatic N) is 1. The van der Waals surface area contributed by atoms with E-state index in [0.717, 1.165) is 0 Å². The van der Waals surface area contributed by atoms with Gasteiger partial charge in [0.2, 0.25) is 11.8 Å². The molecule has 11 heteroatoms. The molecule has 1 heterocycles. The smallest absolute Gasteiger partial charge is 0.325 e. The van der Waals surface area contributed by atoms with Gasteiger partial charge >= 0.3 is 5.97 Å². The molecule has 1 aliphatic heterocycles. The normalized spacial score (nSPS) is 16.8. The molecule has 3 amide bonds. The molecule has 0 saturated heterocycles. The van der Waals surface area contributed by atoms with Crippen molar-refractivity contribution in [3.05, 3.63) is 29.8 Å². The molecule has 0 bridgehead atoms. The van der Waals surface area contributed by atoms with Crippen LogP contribution in [0.1, 0.15) is 37.6 Å². The zero-order valence-corrected chi connectivity index (χ0v) is 17.0. The molecule has 2 unspecified atom stereocenters. The Morgan fingerprint density at radius 3 is 2.28 bits per heavy atom. The Hall–Kier alpha value is -2.95. The number of rotatable bonds is 8. The lowest BCUT2D eigenvalue weighted by Crippen LogP contribution is -2.53. The number of carboxylic acid groups (broad SMARTS) is 1. The van der Waals surface area contributed by atoms with Crippen molar-refractivity contribution in [3.63, 3.8) is 0 Å². The van der Waals surface area contributed by atoms with Gasteiger partial charge in [0.1, 0.15) is 23.5 Å². The van der Waals surface area contributed by atoms with E-state index in [-0.39, 0.29) is 22.8 Å². The summed E-state index contributed by atoms with van der Waals surface area (Å²) in [6, 6.07) is 3.39. The zero-order valence-electron chi connectivity index (χ0n) is 16.2. The highest BCUT2D eigenvalue weighted by atomic mass is 32.2. The fourth-order valence-electron chi connectivity index (χ4n) is 2.84. The number of fused-ring (bicyclic) bond motifs is 1. The first-order valence-corrected chi connectivity index (χ1v) is 10.4. The maximum atomic E-state index is 12.5. The summed E-state index contributed by atoms with van der Waals surface area (Å²) in [5.41, 5.74) is -0.0212. The summed E-state index contributed by atoms with van der Waals surface area (Å²) < 4.78 is 25.5. The van der Waals surface area contributed by atoms with Gasteiger partial charge in [0, 0.05) is 0 Å². The number of aliphatic carboxylic acids is 1. The second kappa shape index (κ2) is 8.60. The lowest BCUT2D eigenvalue weighted by atomic mass is 10.0. The molecule has 1 aliphatic rings. The van der Waals surface area contributed by atoms with E-state index in [1.54, 1.807) is 13.8 Å². The van der Waals surface area contributed by atoms with E-state index in [0.29, 0.717) is 4.31 Å². The Kier molecular flexibility index (Phi) is 6.62. The molecule has 0 saturated carbocycles. The Balaban J connectivity index is 2.13. The summed E-state index contributed by atoms with van der Waals surface area (Å²) in [5.74, 6) is -3.63. The Morgan fingerprint density at radius 1 is 1.10 bits per heavy atom. The highest BCUT2D eigenvalue weighted by molar-refractivity contribution is 7.90. The largest absolute Gasteiger partial charge is 0.480 e. The van der Waals surface area contributed by atoms with Crippen LogP contribution in [0.3, 0.4) is 0 Å². The van der Waals surface area contributed by atoms with Crippen molar-refractivity contribution >= 4 is 33.7 Å². The molecule has 0 radical (unpaired) electrons. The number of hydrogen-bond acceptors (Lipinski definition) is 6. The monoisotopic (exact) mass is 425 g/mol. The zero-order chi connectivity index (χ0) is 21.9. The molecule has 3 N–H and O–H groups in total. The molecule has 0 fully saturated rings. The number of hydrogen-bond donors (Lipinski definition) is 3. The summed E-state index contributed by atoms with van der Waals surface area (Å²) in [4.78, 5) is 47.9. The first-order valence-electron chi connectivity index (χ1n) is 8.93. The minimum atomic E-state index is -4.16. The average Bonchev–Trinajstić information content (AvgIpc) is 2.82. The van der Waals surface area contributed by atoms with Crippen LogP contribution in [0.25, 0.3) is 0 Å². The Bertz CT molecular complexity index is 943. The summed E-state index contributed by atoms with van der Waals surface area (Å²) >= 11 is 0. The molecule has 1 aromatic rings. The molecule has 0 aliphatic carbocycles. The minimum absolute atomic E-state index is 0.0207. The summed E-state index contributed by atoms with van der Waals surface area (Å²) in [6.07, 6.45) is 0.199. The second-order valence-corrected chi connectivity index (χ2v) is 8.96. The number of carboxylic acids is 1. The van der Waals surface area contributed by atoms with Gasteiger partial charge in [-0.05, 0) is 31.4 Å². The third-order valence-electron chi connectivity index (χ3n) is 4.29. The number of nitrogens with one attached hydrogen (secondary N) is 2. The van der Waals surface area contributed by atoms with Gasteiger partial charge in [-0.25, -0.2) is 12.7 Å². The van der Waals surface area contributed by atoms with E-state index in [4.69, 9.17) is 5.11 Å². The van der Waals surface area contributed by atoms with Crippen LogP contribution in [0.15, 0.2) is 29.2 Å². The minimum Gasteiger partial charge on any atom is -0.480 e.